The number of furan rings is 1. The Morgan fingerprint density at radius 3 is 2.54 bits per heavy atom. The first-order valence-electron chi connectivity index (χ1n) is 8.59. The molecule has 0 bridgehead atoms. The second-order valence-corrected chi connectivity index (χ2v) is 5.97. The first-order chi connectivity index (χ1) is 12.6. The average molecular weight is 355 g/mol. The normalized spacial score (nSPS) is 17.1. The zero-order chi connectivity index (χ0) is 18.7. The second-order valence-electron chi connectivity index (χ2n) is 5.97. The van der Waals surface area contributed by atoms with Crippen LogP contribution in [0.3, 0.4) is 0 Å². The molecule has 1 aliphatic heterocycles. The predicted molar refractivity (Wildman–Crippen MR) is 94.6 cm³/mol. The topological polar surface area (TPSA) is 80.0 Å². The molecular weight excluding hydrogens is 334 g/mol. The predicted octanol–water partition coefficient (Wildman–Crippen LogP) is 3.55. The van der Waals surface area contributed by atoms with E-state index in [4.69, 9.17) is 9.15 Å². The van der Waals surface area contributed by atoms with Crippen molar-refractivity contribution < 1.29 is 23.8 Å². The molecule has 1 N–H and O–H groups in total. The molecule has 2 heterocycles. The van der Waals surface area contributed by atoms with E-state index in [0.29, 0.717) is 12.4 Å². The Morgan fingerprint density at radius 1 is 1.23 bits per heavy atom. The van der Waals surface area contributed by atoms with Crippen LogP contribution in [0.25, 0.3) is 0 Å². The van der Waals surface area contributed by atoms with Crippen LogP contribution >= 0.6 is 0 Å². The third-order valence-electron chi connectivity index (χ3n) is 4.33. The van der Waals surface area contributed by atoms with Gasteiger partial charge in [0.1, 0.15) is 17.6 Å². The van der Waals surface area contributed by atoms with Crippen LogP contribution < -0.4 is 4.74 Å². The van der Waals surface area contributed by atoms with E-state index in [0.717, 1.165) is 11.3 Å². The summed E-state index contributed by atoms with van der Waals surface area (Å²) in [6.07, 6.45) is 1.68. The van der Waals surface area contributed by atoms with Gasteiger partial charge in [-0.2, -0.15) is 0 Å². The Hall–Kier alpha value is -3.02. The Kier molecular flexibility index (Phi) is 5.11. The molecular formula is C20H21NO5. The standard InChI is InChI=1S/C20H21NO5/c1-3-15(22)17-18(16-6-5-11-26-16)21(20(24)19(17)23)12-13-7-9-14(10-8-13)25-4-2/h5-11,18,23H,3-4,12H2,1-2H3. The molecule has 6 heteroatoms. The van der Waals surface area contributed by atoms with Crippen molar-refractivity contribution in [3.8, 4) is 5.75 Å². The molecule has 1 unspecified atom stereocenters. The summed E-state index contributed by atoms with van der Waals surface area (Å²) in [5.41, 5.74) is 0.953. The van der Waals surface area contributed by atoms with Gasteiger partial charge in [-0.25, -0.2) is 0 Å². The summed E-state index contributed by atoms with van der Waals surface area (Å²) in [5.74, 6) is -0.146. The van der Waals surface area contributed by atoms with E-state index < -0.39 is 17.7 Å². The Bertz CT molecular complexity index is 820. The molecule has 1 amide bonds. The lowest BCUT2D eigenvalue weighted by molar-refractivity contribution is -0.130. The van der Waals surface area contributed by atoms with E-state index in [1.54, 1.807) is 19.1 Å². The molecule has 1 aromatic heterocycles. The van der Waals surface area contributed by atoms with Gasteiger partial charge in [0.25, 0.3) is 5.91 Å². The molecule has 6 nitrogen and oxygen atoms in total. The smallest absolute Gasteiger partial charge is 0.290 e. The number of carbonyl (C=O) groups excluding carboxylic acids is 2. The number of hydrogen-bond donors (Lipinski definition) is 1. The second kappa shape index (κ2) is 7.47. The van der Waals surface area contributed by atoms with E-state index in [9.17, 15) is 14.7 Å². The highest BCUT2D eigenvalue weighted by Crippen LogP contribution is 2.39. The lowest BCUT2D eigenvalue weighted by atomic mass is 9.99. The summed E-state index contributed by atoms with van der Waals surface area (Å²) in [5, 5.41) is 10.3. The minimum Gasteiger partial charge on any atom is -0.503 e. The number of benzene rings is 1. The lowest BCUT2D eigenvalue weighted by Gasteiger charge is -2.25. The van der Waals surface area contributed by atoms with Crippen molar-refractivity contribution in [1.82, 2.24) is 4.90 Å². The molecule has 136 valence electrons. The SMILES string of the molecule is CCOc1ccc(CN2C(=O)C(O)=C(C(=O)CC)C2c2ccco2)cc1. The summed E-state index contributed by atoms with van der Waals surface area (Å²) < 4.78 is 10.9. The molecule has 0 aliphatic carbocycles. The quantitative estimate of drug-likeness (QED) is 0.821. The first kappa shape index (κ1) is 17.8. The third-order valence-corrected chi connectivity index (χ3v) is 4.33. The maximum Gasteiger partial charge on any atom is 0.290 e. The number of nitrogens with zero attached hydrogens (tertiary/aromatic N) is 1. The van der Waals surface area contributed by atoms with E-state index >= 15 is 0 Å². The van der Waals surface area contributed by atoms with E-state index in [2.05, 4.69) is 0 Å². The molecule has 1 atom stereocenters. The maximum atomic E-state index is 12.6. The number of rotatable bonds is 7. The Balaban J connectivity index is 1.92. The summed E-state index contributed by atoms with van der Waals surface area (Å²) in [6.45, 7) is 4.42. The van der Waals surface area contributed by atoms with Gasteiger partial charge < -0.3 is 19.2 Å². The molecule has 1 aliphatic rings. The zero-order valence-electron chi connectivity index (χ0n) is 14.8. The highest BCUT2D eigenvalue weighted by atomic mass is 16.5. The van der Waals surface area contributed by atoms with Crippen LogP contribution in [0.15, 0.2) is 58.4 Å². The van der Waals surface area contributed by atoms with Crippen LogP contribution in [0.1, 0.15) is 37.6 Å². The Labute approximate surface area is 151 Å². The van der Waals surface area contributed by atoms with Crippen LogP contribution in [0.2, 0.25) is 0 Å². The molecule has 3 rings (SSSR count). The minimum atomic E-state index is -0.725. The van der Waals surface area contributed by atoms with E-state index in [1.807, 2.05) is 31.2 Å². The summed E-state index contributed by atoms with van der Waals surface area (Å²) in [6, 6.07) is 10.0. The van der Waals surface area contributed by atoms with Crippen molar-refractivity contribution in [3.63, 3.8) is 0 Å². The lowest BCUT2D eigenvalue weighted by Crippen LogP contribution is -2.30. The summed E-state index contributed by atoms with van der Waals surface area (Å²) in [4.78, 5) is 26.4. The van der Waals surface area contributed by atoms with Gasteiger partial charge in [0, 0.05) is 13.0 Å². The largest absolute Gasteiger partial charge is 0.503 e. The number of aliphatic hydroxyl groups excluding tert-OH is 1. The van der Waals surface area contributed by atoms with Gasteiger partial charge >= 0.3 is 0 Å². The number of hydrogen-bond acceptors (Lipinski definition) is 5. The fourth-order valence-electron chi connectivity index (χ4n) is 3.09. The first-order valence-corrected chi connectivity index (χ1v) is 8.59. The van der Waals surface area contributed by atoms with Gasteiger partial charge in [-0.05, 0) is 36.8 Å². The van der Waals surface area contributed by atoms with Crippen molar-refractivity contribution in [1.29, 1.82) is 0 Å². The van der Waals surface area contributed by atoms with Gasteiger partial charge in [-0.15, -0.1) is 0 Å². The molecule has 1 aromatic carbocycles. The monoisotopic (exact) mass is 355 g/mol. The van der Waals surface area contributed by atoms with Crippen LogP contribution in [0.4, 0.5) is 0 Å². The van der Waals surface area contributed by atoms with Crippen molar-refractivity contribution in [2.45, 2.75) is 32.9 Å². The third kappa shape index (κ3) is 3.22. The van der Waals surface area contributed by atoms with Crippen LogP contribution in [0.5, 0.6) is 5.75 Å². The number of carbonyl (C=O) groups is 2. The van der Waals surface area contributed by atoms with E-state index in [1.165, 1.54) is 11.2 Å². The van der Waals surface area contributed by atoms with Crippen LogP contribution in [0, 0.1) is 0 Å². The summed E-state index contributed by atoms with van der Waals surface area (Å²) in [7, 11) is 0. The summed E-state index contributed by atoms with van der Waals surface area (Å²) >= 11 is 0. The minimum absolute atomic E-state index is 0.0957. The Morgan fingerprint density at radius 2 is 1.96 bits per heavy atom. The van der Waals surface area contributed by atoms with Crippen molar-refractivity contribution in [3.05, 3.63) is 65.3 Å². The number of amides is 1. The number of aliphatic hydroxyl groups is 1. The molecule has 0 saturated carbocycles. The van der Waals surface area contributed by atoms with Gasteiger partial charge in [0.2, 0.25) is 0 Å². The maximum absolute atomic E-state index is 12.6. The number of ketones is 1. The fourth-order valence-corrected chi connectivity index (χ4v) is 3.09. The van der Waals surface area contributed by atoms with Crippen molar-refractivity contribution in [2.24, 2.45) is 0 Å². The van der Waals surface area contributed by atoms with Gasteiger partial charge in [-0.3, -0.25) is 9.59 Å². The zero-order valence-corrected chi connectivity index (χ0v) is 14.8. The van der Waals surface area contributed by atoms with Crippen molar-refractivity contribution >= 4 is 11.7 Å². The number of Topliss-reactive ketones (excluding diaryl/α,β-unsaturated/α-hetero) is 1. The highest BCUT2D eigenvalue weighted by molar-refractivity contribution is 6.08. The number of ether oxygens (including phenoxy) is 1. The van der Waals surface area contributed by atoms with E-state index in [-0.39, 0.29) is 24.3 Å². The van der Waals surface area contributed by atoms with Gasteiger partial charge in [-0.1, -0.05) is 19.1 Å². The molecule has 2 aromatic rings. The fraction of sp³-hybridized carbons (Fsp3) is 0.300. The van der Waals surface area contributed by atoms with Gasteiger partial charge in [0.05, 0.1) is 18.4 Å². The van der Waals surface area contributed by atoms with Gasteiger partial charge in [0.15, 0.2) is 11.5 Å². The molecule has 0 saturated heterocycles. The van der Waals surface area contributed by atoms with Crippen molar-refractivity contribution in [2.75, 3.05) is 6.61 Å². The highest BCUT2D eigenvalue weighted by Gasteiger charge is 2.44. The average Bonchev–Trinajstić information content (AvgIpc) is 3.25. The van der Waals surface area contributed by atoms with Crippen LogP contribution in [-0.2, 0) is 16.1 Å². The molecule has 26 heavy (non-hydrogen) atoms. The molecule has 0 fully saturated rings. The molecule has 0 radical (unpaired) electrons. The van der Waals surface area contributed by atoms with Crippen LogP contribution in [-0.4, -0.2) is 28.3 Å². The molecule has 0 spiro atoms.